The van der Waals surface area contributed by atoms with Crippen LogP contribution in [0.15, 0.2) is 18.2 Å². The molecule has 17 heavy (non-hydrogen) atoms. The third-order valence-corrected chi connectivity index (χ3v) is 3.79. The van der Waals surface area contributed by atoms with E-state index in [0.29, 0.717) is 12.0 Å². The molecule has 1 fully saturated rings. The summed E-state index contributed by atoms with van der Waals surface area (Å²) in [5, 5.41) is 0.772. The molecule has 0 radical (unpaired) electrons. The average Bonchev–Trinajstić information content (AvgIpc) is 2.33. The second kappa shape index (κ2) is 5.15. The fourth-order valence-corrected chi connectivity index (χ4v) is 2.48. The second-order valence-electron chi connectivity index (χ2n) is 4.69. The highest BCUT2D eigenvalue weighted by Gasteiger charge is 2.24. The Bertz CT molecular complexity index is 397. The van der Waals surface area contributed by atoms with Gasteiger partial charge in [-0.15, -0.1) is 0 Å². The Hall–Kier alpha value is -0.930. The van der Waals surface area contributed by atoms with Crippen LogP contribution in [-0.2, 0) is 0 Å². The highest BCUT2D eigenvalue weighted by atomic mass is 35.5. The van der Waals surface area contributed by atoms with Gasteiger partial charge in [0.15, 0.2) is 0 Å². The molecule has 0 amide bonds. The largest absolute Gasteiger partial charge is 0.497 e. The van der Waals surface area contributed by atoms with Crippen molar-refractivity contribution in [2.24, 2.45) is 11.7 Å². The summed E-state index contributed by atoms with van der Waals surface area (Å²) < 4.78 is 5.24. The predicted octanol–water partition coefficient (Wildman–Crippen LogP) is 2.52. The Morgan fingerprint density at radius 2 is 2.24 bits per heavy atom. The molecule has 1 heterocycles. The number of rotatable bonds is 2. The molecule has 4 heteroatoms. The maximum Gasteiger partial charge on any atom is 0.121 e. The number of hydrogen-bond donors (Lipinski definition) is 1. The van der Waals surface area contributed by atoms with E-state index in [2.05, 4.69) is 11.8 Å². The number of methoxy groups -OCH3 is 1. The lowest BCUT2D eigenvalue weighted by molar-refractivity contribution is 0.382. The van der Waals surface area contributed by atoms with Crippen LogP contribution in [0, 0.1) is 5.92 Å². The Morgan fingerprint density at radius 1 is 1.47 bits per heavy atom. The third-order valence-electron chi connectivity index (χ3n) is 3.47. The molecule has 2 N–H and O–H groups in total. The summed E-state index contributed by atoms with van der Waals surface area (Å²) >= 11 is 6.24. The molecule has 0 aliphatic carbocycles. The van der Waals surface area contributed by atoms with Gasteiger partial charge in [-0.05, 0) is 24.5 Å². The summed E-state index contributed by atoms with van der Waals surface area (Å²) in [4.78, 5) is 2.29. The Balaban J connectivity index is 2.21. The van der Waals surface area contributed by atoms with E-state index in [1.807, 2.05) is 18.2 Å². The quantitative estimate of drug-likeness (QED) is 0.882. The van der Waals surface area contributed by atoms with Gasteiger partial charge in [-0.25, -0.2) is 0 Å². The molecule has 2 rings (SSSR count). The number of benzene rings is 1. The first-order chi connectivity index (χ1) is 8.11. The number of halogens is 1. The Labute approximate surface area is 107 Å². The van der Waals surface area contributed by atoms with E-state index in [-0.39, 0.29) is 0 Å². The molecule has 1 aromatic rings. The molecular formula is C13H19ClN2O. The molecular weight excluding hydrogens is 236 g/mol. The van der Waals surface area contributed by atoms with Crippen LogP contribution in [0.2, 0.25) is 5.02 Å². The standard InChI is InChI=1S/C13H19ClN2O/c1-9-8-16(6-5-12(9)15)13-7-10(17-2)3-4-11(13)14/h3-4,7,9,12H,5-6,8,15H2,1-2H3. The molecule has 2 atom stereocenters. The van der Waals surface area contributed by atoms with Crippen molar-refractivity contribution in [2.75, 3.05) is 25.1 Å². The van der Waals surface area contributed by atoms with Gasteiger partial charge >= 0.3 is 0 Å². The zero-order valence-electron chi connectivity index (χ0n) is 10.3. The fourth-order valence-electron chi connectivity index (χ4n) is 2.24. The molecule has 0 spiro atoms. The number of piperidine rings is 1. The molecule has 0 aromatic heterocycles. The first kappa shape index (κ1) is 12.5. The molecule has 2 unspecified atom stereocenters. The van der Waals surface area contributed by atoms with E-state index >= 15 is 0 Å². The summed E-state index contributed by atoms with van der Waals surface area (Å²) in [5.41, 5.74) is 7.07. The Kier molecular flexibility index (Phi) is 3.79. The summed E-state index contributed by atoms with van der Waals surface area (Å²) in [6.07, 6.45) is 1.01. The number of ether oxygens (including phenoxy) is 1. The van der Waals surface area contributed by atoms with Crippen molar-refractivity contribution < 1.29 is 4.74 Å². The van der Waals surface area contributed by atoms with Gasteiger partial charge in [0.25, 0.3) is 0 Å². The van der Waals surface area contributed by atoms with Gasteiger partial charge in [-0.1, -0.05) is 18.5 Å². The predicted molar refractivity (Wildman–Crippen MR) is 72.0 cm³/mol. The lowest BCUT2D eigenvalue weighted by atomic mass is 9.94. The first-order valence-electron chi connectivity index (χ1n) is 5.96. The number of hydrogen-bond acceptors (Lipinski definition) is 3. The van der Waals surface area contributed by atoms with Gasteiger partial charge in [0.2, 0.25) is 0 Å². The van der Waals surface area contributed by atoms with Crippen LogP contribution in [0.3, 0.4) is 0 Å². The molecule has 3 nitrogen and oxygen atoms in total. The molecule has 0 saturated carbocycles. The molecule has 1 aromatic carbocycles. The molecule has 0 bridgehead atoms. The smallest absolute Gasteiger partial charge is 0.121 e. The summed E-state index contributed by atoms with van der Waals surface area (Å²) in [5.74, 6) is 1.33. The van der Waals surface area contributed by atoms with E-state index in [9.17, 15) is 0 Å². The van der Waals surface area contributed by atoms with E-state index in [1.54, 1.807) is 7.11 Å². The summed E-state index contributed by atoms with van der Waals surface area (Å²) in [7, 11) is 1.67. The Morgan fingerprint density at radius 3 is 2.88 bits per heavy atom. The number of nitrogens with two attached hydrogens (primary N) is 1. The molecule has 94 valence electrons. The molecule has 1 saturated heterocycles. The lowest BCUT2D eigenvalue weighted by Gasteiger charge is -2.37. The van der Waals surface area contributed by atoms with Crippen LogP contribution in [-0.4, -0.2) is 26.2 Å². The summed E-state index contributed by atoms with van der Waals surface area (Å²) in [6, 6.07) is 6.06. The topological polar surface area (TPSA) is 38.5 Å². The van der Waals surface area contributed by atoms with Crippen LogP contribution in [0.25, 0.3) is 0 Å². The van der Waals surface area contributed by atoms with Gasteiger partial charge in [0, 0.05) is 25.2 Å². The zero-order valence-corrected chi connectivity index (χ0v) is 11.1. The van der Waals surface area contributed by atoms with Gasteiger partial charge in [0.05, 0.1) is 17.8 Å². The second-order valence-corrected chi connectivity index (χ2v) is 5.10. The minimum atomic E-state index is 0.302. The monoisotopic (exact) mass is 254 g/mol. The van der Waals surface area contributed by atoms with Gasteiger partial charge in [-0.3, -0.25) is 0 Å². The highest BCUT2D eigenvalue weighted by molar-refractivity contribution is 6.33. The molecule has 1 aliphatic rings. The van der Waals surface area contributed by atoms with Crippen molar-refractivity contribution in [2.45, 2.75) is 19.4 Å². The maximum absolute atomic E-state index is 6.24. The van der Waals surface area contributed by atoms with Crippen LogP contribution in [0.1, 0.15) is 13.3 Å². The van der Waals surface area contributed by atoms with Crippen molar-refractivity contribution in [3.05, 3.63) is 23.2 Å². The maximum atomic E-state index is 6.24. The van der Waals surface area contributed by atoms with E-state index in [4.69, 9.17) is 22.1 Å². The third kappa shape index (κ3) is 2.67. The van der Waals surface area contributed by atoms with Gasteiger partial charge in [0.1, 0.15) is 5.75 Å². The molecule has 1 aliphatic heterocycles. The van der Waals surface area contributed by atoms with E-state index in [0.717, 1.165) is 36.0 Å². The zero-order chi connectivity index (χ0) is 12.4. The average molecular weight is 255 g/mol. The van der Waals surface area contributed by atoms with Crippen molar-refractivity contribution in [1.82, 2.24) is 0 Å². The van der Waals surface area contributed by atoms with Crippen molar-refractivity contribution >= 4 is 17.3 Å². The van der Waals surface area contributed by atoms with E-state index in [1.165, 1.54) is 0 Å². The van der Waals surface area contributed by atoms with Crippen molar-refractivity contribution in [3.8, 4) is 5.75 Å². The SMILES string of the molecule is COc1ccc(Cl)c(N2CCC(N)C(C)C2)c1. The van der Waals surface area contributed by atoms with E-state index < -0.39 is 0 Å². The normalized spacial score (nSPS) is 24.8. The minimum absolute atomic E-state index is 0.302. The van der Waals surface area contributed by atoms with Crippen LogP contribution in [0.4, 0.5) is 5.69 Å². The lowest BCUT2D eigenvalue weighted by Crippen LogP contribution is -2.46. The van der Waals surface area contributed by atoms with Crippen molar-refractivity contribution in [1.29, 1.82) is 0 Å². The number of anilines is 1. The summed E-state index contributed by atoms with van der Waals surface area (Å²) in [6.45, 7) is 4.09. The van der Waals surface area contributed by atoms with Crippen LogP contribution in [0.5, 0.6) is 5.75 Å². The minimum Gasteiger partial charge on any atom is -0.497 e. The number of nitrogens with zero attached hydrogens (tertiary/aromatic N) is 1. The van der Waals surface area contributed by atoms with Crippen LogP contribution >= 0.6 is 11.6 Å². The van der Waals surface area contributed by atoms with Gasteiger partial charge in [-0.2, -0.15) is 0 Å². The first-order valence-corrected chi connectivity index (χ1v) is 6.33. The van der Waals surface area contributed by atoms with Crippen molar-refractivity contribution in [3.63, 3.8) is 0 Å². The highest BCUT2D eigenvalue weighted by Crippen LogP contribution is 2.32. The van der Waals surface area contributed by atoms with Gasteiger partial charge < -0.3 is 15.4 Å². The fraction of sp³-hybridized carbons (Fsp3) is 0.538. The van der Waals surface area contributed by atoms with Crippen LogP contribution < -0.4 is 15.4 Å².